The largest absolute Gasteiger partial charge is 0.469 e. The molecule has 0 aromatic heterocycles. The molecule has 0 aliphatic rings. The number of carbonyl (C=O) groups is 2. The minimum Gasteiger partial charge on any atom is -0.469 e. The Morgan fingerprint density at radius 3 is 2.60 bits per heavy atom. The Balaban J connectivity index is 3.49. The van der Waals surface area contributed by atoms with E-state index in [1.54, 1.807) is 25.1 Å². The first-order chi connectivity index (χ1) is 11.8. The fraction of sp³-hybridized carbons (Fsp3) is 0.444. The molecule has 0 fully saturated rings. The normalized spacial score (nSPS) is 13.6. The molecule has 2 atom stereocenters. The Morgan fingerprint density at radius 2 is 2.08 bits per heavy atom. The molecule has 0 N–H and O–H groups in total. The van der Waals surface area contributed by atoms with Crippen LogP contribution in [0.2, 0.25) is 0 Å². The standard InChI is InChI=1S/C18H21NO6/c1-5-25-17(21)18(12-19(22)23,14(3)16(20)24-4)10-9-15-8-6-7-13(2)11-15/h6-8,11,14H,5,12H2,1-4H3. The van der Waals surface area contributed by atoms with E-state index in [2.05, 4.69) is 16.6 Å². The number of benzene rings is 1. The zero-order valence-electron chi connectivity index (χ0n) is 14.7. The maximum absolute atomic E-state index is 12.5. The number of aryl methyl sites for hydroxylation is 1. The molecule has 0 amide bonds. The van der Waals surface area contributed by atoms with Crippen molar-refractivity contribution in [3.63, 3.8) is 0 Å². The van der Waals surface area contributed by atoms with Crippen LogP contribution >= 0.6 is 0 Å². The van der Waals surface area contributed by atoms with Crippen LogP contribution in [0.5, 0.6) is 0 Å². The summed E-state index contributed by atoms with van der Waals surface area (Å²) in [6.07, 6.45) is 0. The minimum atomic E-state index is -1.93. The molecule has 7 nitrogen and oxygen atoms in total. The molecular formula is C18H21NO6. The first-order valence-electron chi connectivity index (χ1n) is 7.73. The number of ether oxygens (including phenoxy) is 2. The van der Waals surface area contributed by atoms with Crippen LogP contribution in [0.3, 0.4) is 0 Å². The molecule has 1 aromatic rings. The highest BCUT2D eigenvalue weighted by molar-refractivity contribution is 5.88. The van der Waals surface area contributed by atoms with Gasteiger partial charge in [-0.2, -0.15) is 0 Å². The lowest BCUT2D eigenvalue weighted by molar-refractivity contribution is -0.492. The third kappa shape index (κ3) is 5.05. The van der Waals surface area contributed by atoms with Crippen molar-refractivity contribution in [1.29, 1.82) is 0 Å². The molecule has 0 radical (unpaired) electrons. The average molecular weight is 347 g/mol. The maximum atomic E-state index is 12.5. The molecule has 0 heterocycles. The van der Waals surface area contributed by atoms with Gasteiger partial charge in [0.2, 0.25) is 12.0 Å². The van der Waals surface area contributed by atoms with Gasteiger partial charge < -0.3 is 9.47 Å². The quantitative estimate of drug-likeness (QED) is 0.338. The molecule has 0 saturated heterocycles. The summed E-state index contributed by atoms with van der Waals surface area (Å²) in [5, 5.41) is 11.2. The summed E-state index contributed by atoms with van der Waals surface area (Å²) in [6.45, 7) is 3.97. The lowest BCUT2D eigenvalue weighted by Crippen LogP contribution is -2.47. The van der Waals surface area contributed by atoms with Crippen LogP contribution in [0, 0.1) is 40.2 Å². The summed E-state index contributed by atoms with van der Waals surface area (Å²) in [6, 6.07) is 7.14. The molecule has 25 heavy (non-hydrogen) atoms. The summed E-state index contributed by atoms with van der Waals surface area (Å²) in [4.78, 5) is 35.0. The predicted octanol–water partition coefficient (Wildman–Crippen LogP) is 1.98. The summed E-state index contributed by atoms with van der Waals surface area (Å²) >= 11 is 0. The number of carbonyl (C=O) groups excluding carboxylic acids is 2. The van der Waals surface area contributed by atoms with E-state index in [1.807, 2.05) is 13.0 Å². The van der Waals surface area contributed by atoms with E-state index in [9.17, 15) is 19.7 Å². The van der Waals surface area contributed by atoms with Crippen LogP contribution in [0.4, 0.5) is 0 Å². The SMILES string of the molecule is CCOC(=O)C(C#Cc1cccc(C)c1)(C[N+](=O)[O-])C(C)C(=O)OC. The number of esters is 2. The van der Waals surface area contributed by atoms with Crippen molar-refractivity contribution in [3.8, 4) is 11.8 Å². The Hall–Kier alpha value is -2.88. The molecule has 2 unspecified atom stereocenters. The fourth-order valence-electron chi connectivity index (χ4n) is 2.33. The van der Waals surface area contributed by atoms with Gasteiger partial charge in [-0.3, -0.25) is 19.7 Å². The zero-order valence-corrected chi connectivity index (χ0v) is 14.7. The summed E-state index contributed by atoms with van der Waals surface area (Å²) in [5.41, 5.74) is -0.408. The molecule has 134 valence electrons. The Bertz CT molecular complexity index is 718. The smallest absolute Gasteiger partial charge is 0.332 e. The molecule has 0 saturated carbocycles. The Labute approximate surface area is 146 Å². The van der Waals surface area contributed by atoms with Gasteiger partial charge in [0.15, 0.2) is 0 Å². The third-order valence-corrected chi connectivity index (χ3v) is 3.76. The average Bonchev–Trinajstić information content (AvgIpc) is 2.57. The van der Waals surface area contributed by atoms with Gasteiger partial charge >= 0.3 is 11.9 Å². The Kier molecular flexibility index (Phi) is 7.12. The molecule has 7 heteroatoms. The van der Waals surface area contributed by atoms with Crippen LogP contribution in [0.15, 0.2) is 24.3 Å². The van der Waals surface area contributed by atoms with E-state index in [0.717, 1.165) is 12.7 Å². The van der Waals surface area contributed by atoms with E-state index < -0.39 is 34.7 Å². The third-order valence-electron chi connectivity index (χ3n) is 3.76. The van der Waals surface area contributed by atoms with E-state index in [0.29, 0.717) is 5.56 Å². The number of rotatable bonds is 6. The van der Waals surface area contributed by atoms with Crippen molar-refractivity contribution in [3.05, 3.63) is 45.5 Å². The molecule has 1 aromatic carbocycles. The zero-order chi connectivity index (χ0) is 19.0. The Morgan fingerprint density at radius 1 is 1.40 bits per heavy atom. The molecule has 0 spiro atoms. The van der Waals surface area contributed by atoms with E-state index in [-0.39, 0.29) is 6.61 Å². The van der Waals surface area contributed by atoms with Gasteiger partial charge in [0.25, 0.3) is 0 Å². The molecule has 0 aliphatic carbocycles. The van der Waals surface area contributed by atoms with Crippen molar-refractivity contribution in [2.45, 2.75) is 20.8 Å². The minimum absolute atomic E-state index is 0.0122. The van der Waals surface area contributed by atoms with Crippen molar-refractivity contribution < 1.29 is 24.0 Å². The van der Waals surface area contributed by atoms with Crippen molar-refractivity contribution in [1.82, 2.24) is 0 Å². The van der Waals surface area contributed by atoms with Gasteiger partial charge in [-0.15, -0.1) is 0 Å². The predicted molar refractivity (Wildman–Crippen MR) is 90.2 cm³/mol. The van der Waals surface area contributed by atoms with Gasteiger partial charge in [0, 0.05) is 10.5 Å². The van der Waals surface area contributed by atoms with Crippen LogP contribution in [-0.2, 0) is 19.1 Å². The van der Waals surface area contributed by atoms with Gasteiger partial charge in [-0.1, -0.05) is 24.0 Å². The first kappa shape index (κ1) is 20.2. The van der Waals surface area contributed by atoms with E-state index in [4.69, 9.17) is 4.74 Å². The maximum Gasteiger partial charge on any atom is 0.332 e. The highest BCUT2D eigenvalue weighted by Gasteiger charge is 2.52. The van der Waals surface area contributed by atoms with Gasteiger partial charge in [-0.05, 0) is 38.5 Å². The van der Waals surface area contributed by atoms with Crippen LogP contribution in [-0.4, -0.2) is 37.1 Å². The van der Waals surface area contributed by atoms with Crippen molar-refractivity contribution in [2.75, 3.05) is 20.3 Å². The first-order valence-corrected chi connectivity index (χ1v) is 7.73. The second-order valence-electron chi connectivity index (χ2n) is 5.55. The topological polar surface area (TPSA) is 95.7 Å². The van der Waals surface area contributed by atoms with Crippen LogP contribution in [0.1, 0.15) is 25.0 Å². The number of hydrogen-bond donors (Lipinski definition) is 0. The summed E-state index contributed by atoms with van der Waals surface area (Å²) in [5.74, 6) is 2.56. The number of hydrogen-bond acceptors (Lipinski definition) is 6. The van der Waals surface area contributed by atoms with Crippen LogP contribution in [0.25, 0.3) is 0 Å². The van der Waals surface area contributed by atoms with Crippen molar-refractivity contribution >= 4 is 11.9 Å². The molecule has 0 bridgehead atoms. The van der Waals surface area contributed by atoms with Gasteiger partial charge in [0.05, 0.1) is 19.6 Å². The van der Waals surface area contributed by atoms with Gasteiger partial charge in [0.1, 0.15) is 0 Å². The van der Waals surface area contributed by atoms with E-state index >= 15 is 0 Å². The van der Waals surface area contributed by atoms with Gasteiger partial charge in [-0.25, -0.2) is 0 Å². The lowest BCUT2D eigenvalue weighted by Gasteiger charge is -2.26. The summed E-state index contributed by atoms with van der Waals surface area (Å²) < 4.78 is 9.64. The highest BCUT2D eigenvalue weighted by atomic mass is 16.6. The molecule has 1 rings (SSSR count). The monoisotopic (exact) mass is 347 g/mol. The number of nitro groups is 1. The second kappa shape index (κ2) is 8.83. The number of methoxy groups -OCH3 is 1. The lowest BCUT2D eigenvalue weighted by atomic mass is 9.76. The molecule has 0 aliphatic heterocycles. The highest BCUT2D eigenvalue weighted by Crippen LogP contribution is 2.31. The second-order valence-corrected chi connectivity index (χ2v) is 5.55. The molecular weight excluding hydrogens is 326 g/mol. The van der Waals surface area contributed by atoms with Crippen molar-refractivity contribution in [2.24, 2.45) is 11.3 Å². The van der Waals surface area contributed by atoms with Crippen LogP contribution < -0.4 is 0 Å². The fourth-order valence-corrected chi connectivity index (χ4v) is 2.33. The summed E-state index contributed by atoms with van der Waals surface area (Å²) in [7, 11) is 1.15. The van der Waals surface area contributed by atoms with E-state index in [1.165, 1.54) is 6.92 Å². The number of nitrogens with zero attached hydrogens (tertiary/aromatic N) is 1.